The van der Waals surface area contributed by atoms with Crippen LogP contribution in [0.2, 0.25) is 0 Å². The van der Waals surface area contributed by atoms with E-state index in [1.165, 1.54) is 0 Å². The van der Waals surface area contributed by atoms with E-state index in [9.17, 15) is 0 Å². The van der Waals surface area contributed by atoms with Crippen LogP contribution in [0.4, 0.5) is 5.69 Å². The van der Waals surface area contributed by atoms with Crippen LogP contribution < -0.4 is 0 Å². The van der Waals surface area contributed by atoms with Crippen molar-refractivity contribution in [2.75, 3.05) is 0 Å². The van der Waals surface area contributed by atoms with Gasteiger partial charge < -0.3 is 0 Å². The minimum Gasteiger partial charge on any atom is -0.238 e. The van der Waals surface area contributed by atoms with Gasteiger partial charge in [0.1, 0.15) is 0 Å². The molecular weight excluding hydrogens is 142 g/mol. The summed E-state index contributed by atoms with van der Waals surface area (Å²) in [6.45, 7) is 8.65. The summed E-state index contributed by atoms with van der Waals surface area (Å²) in [6, 6.07) is 5.43. The third kappa shape index (κ3) is 1.31. The normalized spacial score (nSPS) is 8.90. The Morgan fingerprint density at radius 3 is 2.70 bits per heavy atom. The van der Waals surface area contributed by atoms with E-state index in [-0.39, 0.29) is 0 Å². The zero-order chi connectivity index (χ0) is 7.56. The fraction of sp³-hybridized carbons (Fsp3) is 0.125. The van der Waals surface area contributed by atoms with E-state index >= 15 is 0 Å². The molecule has 0 spiro atoms. The minimum absolute atomic E-state index is 0.676. The summed E-state index contributed by atoms with van der Waals surface area (Å²) in [4.78, 5) is 4.23. The second-order valence-corrected chi connectivity index (χ2v) is 2.56. The molecule has 0 saturated carbocycles. The molecule has 0 saturated heterocycles. The Morgan fingerprint density at radius 1 is 1.50 bits per heavy atom. The summed E-state index contributed by atoms with van der Waals surface area (Å²) in [6.07, 6.45) is 0. The van der Waals surface area contributed by atoms with Gasteiger partial charge in [-0.2, -0.15) is 0 Å². The number of hydrogen-bond acceptors (Lipinski definition) is 1. The summed E-state index contributed by atoms with van der Waals surface area (Å²) < 4.78 is 0. The average Bonchev–Trinajstić information content (AvgIpc) is 1.95. The Morgan fingerprint density at radius 2 is 2.20 bits per heavy atom. The van der Waals surface area contributed by atoms with Gasteiger partial charge in [-0.15, -0.1) is 12.6 Å². The van der Waals surface area contributed by atoms with Crippen LogP contribution >= 0.6 is 12.6 Å². The molecule has 1 aromatic carbocycles. The van der Waals surface area contributed by atoms with Gasteiger partial charge in [0.2, 0.25) is 0 Å². The predicted molar refractivity (Wildman–Crippen MR) is 44.7 cm³/mol. The van der Waals surface area contributed by atoms with Gasteiger partial charge in [0.15, 0.2) is 5.69 Å². The maximum absolute atomic E-state index is 6.71. The monoisotopic (exact) mass is 149 g/mol. The number of aryl methyl sites for hydroxylation is 1. The number of nitrogens with zero attached hydrogens (tertiary/aromatic N) is 1. The molecule has 0 aliphatic rings. The lowest BCUT2D eigenvalue weighted by molar-refractivity contribution is 1.32. The lowest BCUT2D eigenvalue weighted by atomic mass is 10.2. The molecule has 0 bridgehead atoms. The maximum Gasteiger partial charge on any atom is 0.187 e. The molecule has 0 aliphatic carbocycles. The molecule has 0 fully saturated rings. The predicted octanol–water partition coefficient (Wildman–Crippen LogP) is 2.83. The molecule has 0 unspecified atom stereocenters. The standard InChI is InChI=1S/C8H7NS/c1-6-5-7(9-2)3-4-8(6)10/h3-5,10H,1H3. The quantitative estimate of drug-likeness (QED) is 0.427. The van der Waals surface area contributed by atoms with Gasteiger partial charge in [-0.25, -0.2) is 4.85 Å². The molecule has 10 heavy (non-hydrogen) atoms. The molecule has 0 aliphatic heterocycles. The second kappa shape index (κ2) is 2.76. The van der Waals surface area contributed by atoms with Gasteiger partial charge in [-0.3, -0.25) is 0 Å². The van der Waals surface area contributed by atoms with Crippen molar-refractivity contribution in [3.8, 4) is 0 Å². The van der Waals surface area contributed by atoms with Crippen LogP contribution in [-0.4, -0.2) is 0 Å². The molecule has 50 valence electrons. The van der Waals surface area contributed by atoms with Crippen molar-refractivity contribution in [1.29, 1.82) is 0 Å². The highest BCUT2D eigenvalue weighted by molar-refractivity contribution is 7.80. The Kier molecular flexibility index (Phi) is 1.98. The highest BCUT2D eigenvalue weighted by atomic mass is 32.1. The highest BCUT2D eigenvalue weighted by Crippen LogP contribution is 2.19. The van der Waals surface area contributed by atoms with Crippen molar-refractivity contribution in [2.24, 2.45) is 0 Å². The molecule has 0 atom stereocenters. The molecule has 2 heteroatoms. The van der Waals surface area contributed by atoms with Crippen LogP contribution in [0.1, 0.15) is 5.56 Å². The first-order valence-corrected chi connectivity index (χ1v) is 3.36. The lowest BCUT2D eigenvalue weighted by Gasteiger charge is -1.96. The second-order valence-electron chi connectivity index (χ2n) is 2.08. The highest BCUT2D eigenvalue weighted by Gasteiger charge is 1.93. The SMILES string of the molecule is [C-]#[N+]c1ccc(S)c(C)c1. The van der Waals surface area contributed by atoms with Gasteiger partial charge in [0.25, 0.3) is 0 Å². The van der Waals surface area contributed by atoms with Gasteiger partial charge in [-0.05, 0) is 12.5 Å². The van der Waals surface area contributed by atoms with Crippen molar-refractivity contribution in [3.05, 3.63) is 35.2 Å². The van der Waals surface area contributed by atoms with E-state index in [2.05, 4.69) is 17.5 Å². The fourth-order valence-electron chi connectivity index (χ4n) is 0.709. The van der Waals surface area contributed by atoms with Crippen LogP contribution in [0.5, 0.6) is 0 Å². The first kappa shape index (κ1) is 7.17. The van der Waals surface area contributed by atoms with Gasteiger partial charge in [0.05, 0.1) is 6.57 Å². The summed E-state index contributed by atoms with van der Waals surface area (Å²) in [7, 11) is 0. The van der Waals surface area contributed by atoms with Crippen molar-refractivity contribution in [2.45, 2.75) is 11.8 Å². The van der Waals surface area contributed by atoms with Crippen LogP contribution in [0, 0.1) is 13.5 Å². The van der Waals surface area contributed by atoms with Crippen molar-refractivity contribution >= 4 is 18.3 Å². The largest absolute Gasteiger partial charge is 0.238 e. The van der Waals surface area contributed by atoms with Crippen LogP contribution in [0.15, 0.2) is 23.1 Å². The van der Waals surface area contributed by atoms with E-state index in [1.54, 1.807) is 6.07 Å². The van der Waals surface area contributed by atoms with Crippen LogP contribution in [0.3, 0.4) is 0 Å². The third-order valence-electron chi connectivity index (χ3n) is 1.31. The van der Waals surface area contributed by atoms with E-state index in [4.69, 9.17) is 6.57 Å². The maximum atomic E-state index is 6.71. The molecule has 0 radical (unpaired) electrons. The number of hydrogen-bond donors (Lipinski definition) is 1. The molecule has 0 heterocycles. The summed E-state index contributed by atoms with van der Waals surface area (Å²) in [5, 5.41) is 0. The Bertz CT molecular complexity index is 286. The minimum atomic E-state index is 0.676. The van der Waals surface area contributed by atoms with Crippen molar-refractivity contribution in [3.63, 3.8) is 0 Å². The van der Waals surface area contributed by atoms with Gasteiger partial charge in [-0.1, -0.05) is 18.2 Å². The Balaban J connectivity index is 3.20. The topological polar surface area (TPSA) is 4.36 Å². The molecule has 0 amide bonds. The van der Waals surface area contributed by atoms with E-state index in [0.717, 1.165) is 10.5 Å². The Labute approximate surface area is 65.9 Å². The first-order chi connectivity index (χ1) is 4.74. The van der Waals surface area contributed by atoms with Crippen LogP contribution in [0.25, 0.3) is 4.85 Å². The summed E-state index contributed by atoms with van der Waals surface area (Å²) in [5.74, 6) is 0. The fourth-order valence-corrected chi connectivity index (χ4v) is 0.848. The van der Waals surface area contributed by atoms with Gasteiger partial charge >= 0.3 is 0 Å². The third-order valence-corrected chi connectivity index (χ3v) is 1.81. The molecule has 1 rings (SSSR count). The number of benzene rings is 1. The molecule has 1 aromatic rings. The Hall–Kier alpha value is -0.940. The van der Waals surface area contributed by atoms with E-state index < -0.39 is 0 Å². The lowest BCUT2D eigenvalue weighted by Crippen LogP contribution is -1.72. The smallest absolute Gasteiger partial charge is 0.187 e. The zero-order valence-corrected chi connectivity index (χ0v) is 6.52. The van der Waals surface area contributed by atoms with E-state index in [1.807, 2.05) is 19.1 Å². The number of rotatable bonds is 0. The molecule has 0 aromatic heterocycles. The van der Waals surface area contributed by atoms with E-state index in [0.29, 0.717) is 5.69 Å². The number of thiol groups is 1. The molecule has 0 N–H and O–H groups in total. The summed E-state index contributed by atoms with van der Waals surface area (Å²) in [5.41, 5.74) is 1.73. The molecule has 1 nitrogen and oxygen atoms in total. The van der Waals surface area contributed by atoms with Crippen molar-refractivity contribution < 1.29 is 0 Å². The van der Waals surface area contributed by atoms with Crippen molar-refractivity contribution in [1.82, 2.24) is 0 Å². The first-order valence-electron chi connectivity index (χ1n) is 2.91. The van der Waals surface area contributed by atoms with Gasteiger partial charge in [0, 0.05) is 4.90 Å². The summed E-state index contributed by atoms with van der Waals surface area (Å²) >= 11 is 4.18. The zero-order valence-electron chi connectivity index (χ0n) is 5.63. The average molecular weight is 149 g/mol. The molecular formula is C8H7NS. The van der Waals surface area contributed by atoms with Crippen LogP contribution in [-0.2, 0) is 0 Å².